The highest BCUT2D eigenvalue weighted by atomic mass is 32.2. The maximum absolute atomic E-state index is 13.4. The first-order chi connectivity index (χ1) is 17.5. The van der Waals surface area contributed by atoms with E-state index in [1.54, 1.807) is 23.1 Å². The number of benzene rings is 2. The summed E-state index contributed by atoms with van der Waals surface area (Å²) in [6, 6.07) is 16.1. The van der Waals surface area contributed by atoms with Gasteiger partial charge in [0.2, 0.25) is 15.9 Å². The molecular formula is C29H35N3O4S. The predicted octanol–water partition coefficient (Wildman–Crippen LogP) is 5.20. The Balaban J connectivity index is 1.63. The van der Waals surface area contributed by atoms with Gasteiger partial charge in [0, 0.05) is 31.3 Å². The van der Waals surface area contributed by atoms with Crippen molar-refractivity contribution < 1.29 is 17.9 Å². The average Bonchev–Trinajstić information content (AvgIpc) is 2.87. The lowest BCUT2D eigenvalue weighted by molar-refractivity contribution is 0.0637. The second-order valence-corrected chi connectivity index (χ2v) is 11.9. The highest BCUT2D eigenvalue weighted by Crippen LogP contribution is 2.39. The van der Waals surface area contributed by atoms with Gasteiger partial charge in [-0.2, -0.15) is 0 Å². The number of sulfonamides is 1. The molecule has 196 valence electrons. The number of aromatic nitrogens is 1. The van der Waals surface area contributed by atoms with E-state index >= 15 is 0 Å². The minimum absolute atomic E-state index is 0.167. The second kappa shape index (κ2) is 10.6. The molecular weight excluding hydrogens is 486 g/mol. The van der Waals surface area contributed by atoms with E-state index in [-0.39, 0.29) is 10.8 Å². The van der Waals surface area contributed by atoms with Crippen LogP contribution in [0.4, 0.5) is 0 Å². The van der Waals surface area contributed by atoms with Crippen molar-refractivity contribution >= 4 is 15.9 Å². The number of pyridine rings is 1. The molecule has 8 heteroatoms. The van der Waals surface area contributed by atoms with Crippen LogP contribution in [0, 0.1) is 6.92 Å². The third-order valence-corrected chi connectivity index (χ3v) is 8.16. The molecule has 3 aromatic rings. The molecule has 1 N–H and O–H groups in total. The number of rotatable bonds is 8. The summed E-state index contributed by atoms with van der Waals surface area (Å²) in [5.74, 6) is 0.170. The summed E-state index contributed by atoms with van der Waals surface area (Å²) in [6.45, 7) is 10.8. The zero-order chi connectivity index (χ0) is 26.8. The molecule has 0 saturated heterocycles. The van der Waals surface area contributed by atoms with Crippen LogP contribution in [0.2, 0.25) is 0 Å². The predicted molar refractivity (Wildman–Crippen MR) is 144 cm³/mol. The van der Waals surface area contributed by atoms with Gasteiger partial charge in [-0.25, -0.2) is 18.1 Å². The van der Waals surface area contributed by atoms with Crippen molar-refractivity contribution in [3.05, 3.63) is 88.6 Å². The van der Waals surface area contributed by atoms with E-state index in [0.717, 1.165) is 23.1 Å². The standard InChI is InChI=1S/C29H35N3O4S/c1-6-21-12-14-24(15-13-21)37(34,35)31-26-17-29(4,5)36-27-25(26)16-23(18-30-27)28(33)32(7-2)19-22-10-8-20(3)9-11-22/h8-16,18,26,31H,6-7,17,19H2,1-5H3/t26-/m0/s1. The quantitative estimate of drug-likeness (QED) is 0.440. The minimum Gasteiger partial charge on any atom is -0.471 e. The molecule has 1 aliphatic heterocycles. The van der Waals surface area contributed by atoms with Crippen LogP contribution < -0.4 is 9.46 Å². The molecule has 4 rings (SSSR count). The van der Waals surface area contributed by atoms with E-state index in [2.05, 4.69) is 9.71 Å². The van der Waals surface area contributed by atoms with E-state index in [1.165, 1.54) is 6.20 Å². The molecule has 0 bridgehead atoms. The Hall–Kier alpha value is -3.23. The van der Waals surface area contributed by atoms with Crippen molar-refractivity contribution in [1.82, 2.24) is 14.6 Å². The molecule has 2 heterocycles. The maximum Gasteiger partial charge on any atom is 0.255 e. The van der Waals surface area contributed by atoms with E-state index in [1.807, 2.05) is 71.0 Å². The fourth-order valence-corrected chi connectivity index (χ4v) is 5.73. The molecule has 0 fully saturated rings. The van der Waals surface area contributed by atoms with Crippen molar-refractivity contribution in [3.8, 4) is 5.88 Å². The minimum atomic E-state index is -3.80. The summed E-state index contributed by atoms with van der Waals surface area (Å²) in [4.78, 5) is 19.8. The normalized spacial score (nSPS) is 16.5. The van der Waals surface area contributed by atoms with Crippen molar-refractivity contribution in [3.63, 3.8) is 0 Å². The molecule has 0 radical (unpaired) electrons. The fraction of sp³-hybridized carbons (Fsp3) is 0.379. The van der Waals surface area contributed by atoms with Crippen LogP contribution in [-0.4, -0.2) is 36.4 Å². The Morgan fingerprint density at radius 2 is 1.73 bits per heavy atom. The lowest BCUT2D eigenvalue weighted by atomic mass is 9.91. The summed E-state index contributed by atoms with van der Waals surface area (Å²) in [5.41, 5.74) is 3.59. The van der Waals surface area contributed by atoms with Gasteiger partial charge in [0.25, 0.3) is 5.91 Å². The van der Waals surface area contributed by atoms with Gasteiger partial charge < -0.3 is 9.64 Å². The summed E-state index contributed by atoms with van der Waals surface area (Å²) in [7, 11) is -3.80. The van der Waals surface area contributed by atoms with Crippen LogP contribution in [0.25, 0.3) is 0 Å². The van der Waals surface area contributed by atoms with Gasteiger partial charge in [0.1, 0.15) is 5.60 Å². The smallest absolute Gasteiger partial charge is 0.255 e. The molecule has 0 aliphatic carbocycles. The molecule has 2 aromatic carbocycles. The molecule has 0 unspecified atom stereocenters. The topological polar surface area (TPSA) is 88.6 Å². The third kappa shape index (κ3) is 6.19. The zero-order valence-corrected chi connectivity index (χ0v) is 22.9. The number of amides is 1. The van der Waals surface area contributed by atoms with Gasteiger partial charge in [-0.15, -0.1) is 0 Å². The molecule has 0 spiro atoms. The average molecular weight is 522 g/mol. The lowest BCUT2D eigenvalue weighted by Crippen LogP contribution is -2.42. The first-order valence-corrected chi connectivity index (χ1v) is 14.1. The first-order valence-electron chi connectivity index (χ1n) is 12.7. The number of hydrogen-bond acceptors (Lipinski definition) is 5. The number of nitrogens with one attached hydrogen (secondary N) is 1. The van der Waals surface area contributed by atoms with Gasteiger partial charge in [0.05, 0.1) is 16.5 Å². The monoisotopic (exact) mass is 521 g/mol. The van der Waals surface area contributed by atoms with Crippen LogP contribution in [0.5, 0.6) is 5.88 Å². The zero-order valence-electron chi connectivity index (χ0n) is 22.1. The summed E-state index contributed by atoms with van der Waals surface area (Å²) < 4.78 is 35.4. The SMILES string of the molecule is CCc1ccc(S(=O)(=O)N[C@H]2CC(C)(C)Oc3ncc(C(=O)N(CC)Cc4ccc(C)cc4)cc32)cc1. The highest BCUT2D eigenvalue weighted by Gasteiger charge is 2.37. The van der Waals surface area contributed by atoms with Gasteiger partial charge >= 0.3 is 0 Å². The first kappa shape index (κ1) is 26.8. The van der Waals surface area contributed by atoms with Crippen LogP contribution in [0.15, 0.2) is 65.7 Å². The Bertz CT molecular complexity index is 1370. The molecule has 37 heavy (non-hydrogen) atoms. The van der Waals surface area contributed by atoms with E-state index in [9.17, 15) is 13.2 Å². The van der Waals surface area contributed by atoms with E-state index in [0.29, 0.717) is 36.5 Å². The number of ether oxygens (including phenoxy) is 1. The number of carbonyl (C=O) groups is 1. The second-order valence-electron chi connectivity index (χ2n) is 10.2. The van der Waals surface area contributed by atoms with E-state index < -0.39 is 21.7 Å². The highest BCUT2D eigenvalue weighted by molar-refractivity contribution is 7.89. The van der Waals surface area contributed by atoms with Crippen molar-refractivity contribution in [2.24, 2.45) is 0 Å². The van der Waals surface area contributed by atoms with Crippen LogP contribution in [0.3, 0.4) is 0 Å². The number of hydrogen-bond donors (Lipinski definition) is 1. The summed E-state index contributed by atoms with van der Waals surface area (Å²) in [6.07, 6.45) is 2.73. The molecule has 1 aromatic heterocycles. The number of fused-ring (bicyclic) bond motifs is 1. The van der Waals surface area contributed by atoms with Crippen molar-refractivity contribution in [2.75, 3.05) is 6.54 Å². The fourth-order valence-electron chi connectivity index (χ4n) is 4.51. The van der Waals surface area contributed by atoms with Crippen molar-refractivity contribution in [1.29, 1.82) is 0 Å². The Morgan fingerprint density at radius 3 is 2.35 bits per heavy atom. The van der Waals surface area contributed by atoms with E-state index in [4.69, 9.17) is 4.74 Å². The molecule has 0 saturated carbocycles. The van der Waals surface area contributed by atoms with Gasteiger partial charge in [-0.1, -0.05) is 48.9 Å². The number of aryl methyl sites for hydroxylation is 2. The Morgan fingerprint density at radius 1 is 1.08 bits per heavy atom. The Labute approximate surface area is 219 Å². The van der Waals surface area contributed by atoms with Gasteiger partial charge in [-0.05, 0) is 63.4 Å². The van der Waals surface area contributed by atoms with Gasteiger partial charge in [0.15, 0.2) is 0 Å². The van der Waals surface area contributed by atoms with Crippen LogP contribution in [0.1, 0.15) is 72.8 Å². The molecule has 1 amide bonds. The van der Waals surface area contributed by atoms with Crippen LogP contribution in [-0.2, 0) is 23.0 Å². The largest absolute Gasteiger partial charge is 0.471 e. The molecule has 7 nitrogen and oxygen atoms in total. The number of nitrogens with zero attached hydrogens (tertiary/aromatic N) is 2. The van der Waals surface area contributed by atoms with Crippen molar-refractivity contribution in [2.45, 2.75) is 70.5 Å². The van der Waals surface area contributed by atoms with Gasteiger partial charge in [-0.3, -0.25) is 4.79 Å². The summed E-state index contributed by atoms with van der Waals surface area (Å²) in [5, 5.41) is 0. The molecule has 1 atom stereocenters. The molecule has 1 aliphatic rings. The summed E-state index contributed by atoms with van der Waals surface area (Å²) >= 11 is 0. The Kier molecular flexibility index (Phi) is 7.71. The van der Waals surface area contributed by atoms with Crippen LogP contribution >= 0.6 is 0 Å². The third-order valence-electron chi connectivity index (χ3n) is 6.67. The maximum atomic E-state index is 13.4. The number of carbonyl (C=O) groups excluding carboxylic acids is 1. The lowest BCUT2D eigenvalue weighted by Gasteiger charge is -2.37.